The largest absolute Gasteiger partial charge is 0.351 e. The fourth-order valence-electron chi connectivity index (χ4n) is 3.79. The number of aryl methyl sites for hydroxylation is 1. The molecular weight excluding hydrogens is 348 g/mol. The molecule has 4 rings (SSSR count). The minimum atomic E-state index is -0.105. The highest BCUT2D eigenvalue weighted by molar-refractivity contribution is 6.06. The number of nitrogens with one attached hydrogen (secondary N) is 2. The van der Waals surface area contributed by atoms with Gasteiger partial charge in [-0.25, -0.2) is 0 Å². The average Bonchev–Trinajstić information content (AvgIpc) is 3.14. The molecule has 0 radical (unpaired) electrons. The third-order valence-corrected chi connectivity index (χ3v) is 5.62. The molecule has 1 fully saturated rings. The van der Waals surface area contributed by atoms with Crippen LogP contribution in [0.1, 0.15) is 21.6 Å². The molecule has 1 aliphatic rings. The van der Waals surface area contributed by atoms with Gasteiger partial charge in [-0.3, -0.25) is 4.79 Å². The molecule has 3 aromatic rings. The smallest absolute Gasteiger partial charge is 0.272 e. The topological polar surface area (TPSA) is 51.4 Å². The van der Waals surface area contributed by atoms with Crippen LogP contribution in [0.4, 0.5) is 5.69 Å². The summed E-state index contributed by atoms with van der Waals surface area (Å²) in [4.78, 5) is 20.8. The van der Waals surface area contributed by atoms with E-state index in [-0.39, 0.29) is 5.91 Å². The monoisotopic (exact) mass is 376 g/mol. The van der Waals surface area contributed by atoms with Gasteiger partial charge in [0.1, 0.15) is 5.69 Å². The first kappa shape index (κ1) is 18.7. The van der Waals surface area contributed by atoms with Gasteiger partial charge >= 0.3 is 0 Å². The van der Waals surface area contributed by atoms with Crippen molar-refractivity contribution in [3.8, 4) is 0 Å². The molecule has 1 aromatic heterocycles. The zero-order valence-corrected chi connectivity index (χ0v) is 16.7. The van der Waals surface area contributed by atoms with E-state index in [4.69, 9.17) is 0 Å². The molecule has 5 nitrogen and oxygen atoms in total. The summed E-state index contributed by atoms with van der Waals surface area (Å²) in [7, 11) is 2.18. The van der Waals surface area contributed by atoms with Crippen LogP contribution in [0.15, 0.2) is 48.5 Å². The van der Waals surface area contributed by atoms with Gasteiger partial charge in [0.15, 0.2) is 0 Å². The third kappa shape index (κ3) is 4.26. The van der Waals surface area contributed by atoms with Crippen LogP contribution in [-0.2, 0) is 6.42 Å². The molecule has 1 amide bonds. The van der Waals surface area contributed by atoms with Crippen LogP contribution in [0.3, 0.4) is 0 Å². The molecule has 28 heavy (non-hydrogen) atoms. The van der Waals surface area contributed by atoms with Crippen molar-refractivity contribution in [1.82, 2.24) is 14.8 Å². The van der Waals surface area contributed by atoms with E-state index in [1.54, 1.807) is 0 Å². The lowest BCUT2D eigenvalue weighted by atomic mass is 10.1. The second kappa shape index (κ2) is 8.17. The normalized spacial score (nSPS) is 15.8. The quantitative estimate of drug-likeness (QED) is 0.716. The Hall–Kier alpha value is -2.63. The highest BCUT2D eigenvalue weighted by Crippen LogP contribution is 2.20. The molecular formula is C23H28N4O. The molecule has 2 N–H and O–H groups in total. The Labute approximate surface area is 166 Å². The highest BCUT2D eigenvalue weighted by atomic mass is 16.1. The fraction of sp³-hybridized carbons (Fsp3) is 0.348. The molecule has 0 bridgehead atoms. The summed E-state index contributed by atoms with van der Waals surface area (Å²) in [6.45, 7) is 7.66. The molecule has 1 aliphatic heterocycles. The van der Waals surface area contributed by atoms with Gasteiger partial charge in [-0.05, 0) is 55.8 Å². The number of fused-ring (bicyclic) bond motifs is 1. The van der Waals surface area contributed by atoms with E-state index in [1.165, 1.54) is 11.1 Å². The number of likely N-dealkylation sites (N-methyl/N-ethyl adjacent to an activating group) is 1. The lowest BCUT2D eigenvalue weighted by Crippen LogP contribution is -2.45. The maximum atomic E-state index is 12.7. The van der Waals surface area contributed by atoms with Crippen LogP contribution in [0.2, 0.25) is 0 Å². The van der Waals surface area contributed by atoms with Crippen LogP contribution in [0.25, 0.3) is 10.9 Å². The van der Waals surface area contributed by atoms with E-state index < -0.39 is 0 Å². The Bertz CT molecular complexity index is 970. The van der Waals surface area contributed by atoms with Gasteiger partial charge in [0.25, 0.3) is 5.91 Å². The molecule has 2 aromatic carbocycles. The van der Waals surface area contributed by atoms with E-state index in [0.717, 1.165) is 55.7 Å². The number of aromatic amines is 1. The summed E-state index contributed by atoms with van der Waals surface area (Å²) < 4.78 is 0. The summed E-state index contributed by atoms with van der Waals surface area (Å²) in [5.41, 5.74) is 4.84. The van der Waals surface area contributed by atoms with Crippen LogP contribution >= 0.6 is 0 Å². The van der Waals surface area contributed by atoms with E-state index in [0.29, 0.717) is 5.69 Å². The molecule has 2 heterocycles. The van der Waals surface area contributed by atoms with Crippen molar-refractivity contribution in [2.75, 3.05) is 45.1 Å². The molecule has 0 saturated carbocycles. The SMILES string of the molecule is Cc1cccc2[nH]c(C(=O)Nc3cccc(CCN4CCN(C)CC4)c3)cc12. The summed E-state index contributed by atoms with van der Waals surface area (Å²) >= 11 is 0. The lowest BCUT2D eigenvalue weighted by Gasteiger charge is -2.32. The Morgan fingerprint density at radius 3 is 2.64 bits per heavy atom. The predicted molar refractivity (Wildman–Crippen MR) is 115 cm³/mol. The number of carbonyl (C=O) groups is 1. The van der Waals surface area contributed by atoms with Crippen molar-refractivity contribution >= 4 is 22.5 Å². The molecule has 0 atom stereocenters. The van der Waals surface area contributed by atoms with Crippen LogP contribution < -0.4 is 5.32 Å². The van der Waals surface area contributed by atoms with Crippen LogP contribution in [0, 0.1) is 6.92 Å². The summed E-state index contributed by atoms with van der Waals surface area (Å²) in [5, 5.41) is 4.12. The fourth-order valence-corrected chi connectivity index (χ4v) is 3.79. The maximum absolute atomic E-state index is 12.7. The molecule has 0 aliphatic carbocycles. The number of carbonyl (C=O) groups excluding carboxylic acids is 1. The second-order valence-electron chi connectivity index (χ2n) is 7.77. The number of H-pyrrole nitrogens is 1. The van der Waals surface area contributed by atoms with Crippen molar-refractivity contribution in [2.45, 2.75) is 13.3 Å². The maximum Gasteiger partial charge on any atom is 0.272 e. The summed E-state index contributed by atoms with van der Waals surface area (Å²) in [5.74, 6) is -0.105. The first-order valence-corrected chi connectivity index (χ1v) is 9.98. The van der Waals surface area contributed by atoms with Gasteiger partial charge in [-0.1, -0.05) is 24.3 Å². The Kier molecular flexibility index (Phi) is 5.46. The van der Waals surface area contributed by atoms with Crippen molar-refractivity contribution in [3.05, 3.63) is 65.4 Å². The van der Waals surface area contributed by atoms with Crippen molar-refractivity contribution < 1.29 is 4.79 Å². The molecule has 1 saturated heterocycles. The number of rotatable bonds is 5. The Morgan fingerprint density at radius 1 is 1.07 bits per heavy atom. The number of hydrogen-bond donors (Lipinski definition) is 2. The van der Waals surface area contributed by atoms with Gasteiger partial charge in [-0.15, -0.1) is 0 Å². The predicted octanol–water partition coefficient (Wildman–Crippen LogP) is 3.52. The van der Waals surface area contributed by atoms with E-state index in [1.807, 2.05) is 30.3 Å². The second-order valence-corrected chi connectivity index (χ2v) is 7.77. The molecule has 146 valence electrons. The van der Waals surface area contributed by atoms with Crippen molar-refractivity contribution in [2.24, 2.45) is 0 Å². The number of hydrogen-bond acceptors (Lipinski definition) is 3. The van der Waals surface area contributed by atoms with Crippen molar-refractivity contribution in [1.29, 1.82) is 0 Å². The third-order valence-electron chi connectivity index (χ3n) is 5.62. The van der Waals surface area contributed by atoms with E-state index in [2.05, 4.69) is 52.3 Å². The Balaban J connectivity index is 1.39. The minimum absolute atomic E-state index is 0.105. The highest BCUT2D eigenvalue weighted by Gasteiger charge is 2.14. The summed E-state index contributed by atoms with van der Waals surface area (Å²) in [6, 6.07) is 16.2. The molecule has 5 heteroatoms. The van der Waals surface area contributed by atoms with E-state index in [9.17, 15) is 4.79 Å². The number of benzene rings is 2. The molecule has 0 spiro atoms. The average molecular weight is 377 g/mol. The van der Waals surface area contributed by atoms with Gasteiger partial charge in [0.2, 0.25) is 0 Å². The van der Waals surface area contributed by atoms with E-state index >= 15 is 0 Å². The van der Waals surface area contributed by atoms with Gasteiger partial charge in [-0.2, -0.15) is 0 Å². The van der Waals surface area contributed by atoms with Crippen LogP contribution in [-0.4, -0.2) is 60.5 Å². The standard InChI is InChI=1S/C23H28N4O/c1-17-5-3-8-21-20(17)16-22(25-21)23(28)24-19-7-4-6-18(15-19)9-10-27-13-11-26(2)12-14-27/h3-8,15-16,25H,9-14H2,1-2H3,(H,24,28). The number of anilines is 1. The zero-order chi connectivity index (χ0) is 19.5. The summed E-state index contributed by atoms with van der Waals surface area (Å²) in [6.07, 6.45) is 0.999. The number of aromatic nitrogens is 1. The van der Waals surface area contributed by atoms with Crippen molar-refractivity contribution in [3.63, 3.8) is 0 Å². The first-order chi connectivity index (χ1) is 13.6. The van der Waals surface area contributed by atoms with Crippen LogP contribution in [0.5, 0.6) is 0 Å². The minimum Gasteiger partial charge on any atom is -0.351 e. The van der Waals surface area contributed by atoms with Gasteiger partial charge in [0.05, 0.1) is 0 Å². The number of nitrogens with zero attached hydrogens (tertiary/aromatic N) is 2. The lowest BCUT2D eigenvalue weighted by molar-refractivity contribution is 0.102. The zero-order valence-electron chi connectivity index (χ0n) is 16.7. The number of amides is 1. The van der Waals surface area contributed by atoms with Gasteiger partial charge in [0, 0.05) is 49.3 Å². The first-order valence-electron chi connectivity index (χ1n) is 9.98. The van der Waals surface area contributed by atoms with Gasteiger partial charge < -0.3 is 20.1 Å². The molecule has 0 unspecified atom stereocenters. The Morgan fingerprint density at radius 2 is 1.86 bits per heavy atom. The number of piperazine rings is 1.